The molecule has 0 aliphatic heterocycles. The van der Waals surface area contributed by atoms with E-state index in [1.165, 1.54) is 0 Å². The first kappa shape index (κ1) is 32.9. The smallest absolute Gasteiger partial charge is 0.408 e. The molecule has 40 heavy (non-hydrogen) atoms. The summed E-state index contributed by atoms with van der Waals surface area (Å²) < 4.78 is 5.49. The Morgan fingerprint density at radius 2 is 1.43 bits per heavy atom. The van der Waals surface area contributed by atoms with E-state index in [-0.39, 0.29) is 23.8 Å². The molecule has 2 rings (SSSR count). The molecule has 0 bridgehead atoms. The van der Waals surface area contributed by atoms with Gasteiger partial charge in [-0.05, 0) is 82.9 Å². The number of nitrogens with zero attached hydrogens (tertiary/aromatic N) is 1. The third-order valence-corrected chi connectivity index (χ3v) is 6.87. The van der Waals surface area contributed by atoms with E-state index >= 15 is 0 Å². The average molecular weight is 552 g/mol. The van der Waals surface area contributed by atoms with Crippen LogP contribution in [0.4, 0.5) is 10.5 Å². The van der Waals surface area contributed by atoms with Gasteiger partial charge in [0.05, 0.1) is 0 Å². The summed E-state index contributed by atoms with van der Waals surface area (Å²) in [6.45, 7) is 19.3. The summed E-state index contributed by atoms with van der Waals surface area (Å²) in [6.07, 6.45) is 0.933. The number of nitrogens with one attached hydrogen (secondary N) is 2. The van der Waals surface area contributed by atoms with Crippen LogP contribution >= 0.6 is 0 Å². The molecule has 2 aromatic rings. The Hall–Kier alpha value is -3.35. The lowest BCUT2D eigenvalue weighted by Gasteiger charge is -2.39. The van der Waals surface area contributed by atoms with Gasteiger partial charge >= 0.3 is 6.09 Å². The zero-order chi connectivity index (χ0) is 30.2. The van der Waals surface area contributed by atoms with E-state index in [1.807, 2.05) is 83.1 Å². The first-order valence-electron chi connectivity index (χ1n) is 14.4. The van der Waals surface area contributed by atoms with Crippen molar-refractivity contribution in [1.82, 2.24) is 10.2 Å². The Morgan fingerprint density at radius 3 is 1.93 bits per heavy atom. The molecular weight excluding hydrogens is 502 g/mol. The number of hydrogen-bond acceptors (Lipinski definition) is 4. The normalized spacial score (nSPS) is 13.9. The minimum absolute atomic E-state index is 0.238. The quantitative estimate of drug-likeness (QED) is 0.309. The Bertz CT molecular complexity index is 1120. The highest BCUT2D eigenvalue weighted by atomic mass is 16.6. The van der Waals surface area contributed by atoms with E-state index < -0.39 is 23.8 Å². The lowest BCUT2D eigenvalue weighted by molar-refractivity contribution is -0.144. The number of carbonyl (C=O) groups excluding carboxylic acids is 3. The van der Waals surface area contributed by atoms with Crippen LogP contribution in [0, 0.1) is 25.7 Å². The summed E-state index contributed by atoms with van der Waals surface area (Å²) >= 11 is 0. The van der Waals surface area contributed by atoms with E-state index in [0.717, 1.165) is 23.2 Å². The molecule has 7 heteroatoms. The van der Waals surface area contributed by atoms with Gasteiger partial charge in [0.2, 0.25) is 5.91 Å². The molecule has 3 amide bonds. The lowest BCUT2D eigenvalue weighted by Crippen LogP contribution is -2.56. The molecule has 0 saturated carbocycles. The zero-order valence-electron chi connectivity index (χ0n) is 26.0. The number of carbonyl (C=O) groups is 3. The van der Waals surface area contributed by atoms with E-state index in [0.29, 0.717) is 17.9 Å². The highest BCUT2D eigenvalue weighted by molar-refractivity contribution is 6.00. The van der Waals surface area contributed by atoms with Crippen molar-refractivity contribution in [2.75, 3.05) is 5.32 Å². The predicted molar refractivity (Wildman–Crippen MR) is 162 cm³/mol. The Balaban J connectivity index is 2.61. The summed E-state index contributed by atoms with van der Waals surface area (Å²) in [4.78, 5) is 43.1. The first-order chi connectivity index (χ1) is 18.6. The van der Waals surface area contributed by atoms with Gasteiger partial charge in [-0.25, -0.2) is 4.79 Å². The summed E-state index contributed by atoms with van der Waals surface area (Å²) in [5.74, 6) is -0.424. The second-order valence-corrected chi connectivity index (χ2v) is 12.5. The monoisotopic (exact) mass is 551 g/mol. The van der Waals surface area contributed by atoms with Crippen molar-refractivity contribution in [2.24, 2.45) is 11.8 Å². The number of aryl methyl sites for hydroxylation is 2. The van der Waals surface area contributed by atoms with Crippen LogP contribution in [-0.2, 0) is 14.3 Å². The maximum absolute atomic E-state index is 14.5. The van der Waals surface area contributed by atoms with Crippen LogP contribution in [0.2, 0.25) is 0 Å². The van der Waals surface area contributed by atoms with Gasteiger partial charge in [-0.15, -0.1) is 0 Å². The summed E-state index contributed by atoms with van der Waals surface area (Å²) in [5, 5.41) is 5.93. The van der Waals surface area contributed by atoms with Crippen molar-refractivity contribution in [3.8, 4) is 0 Å². The summed E-state index contributed by atoms with van der Waals surface area (Å²) in [7, 11) is 0. The number of rotatable bonds is 11. The van der Waals surface area contributed by atoms with E-state index in [2.05, 4.69) is 24.5 Å². The molecule has 7 nitrogen and oxygen atoms in total. The van der Waals surface area contributed by atoms with Gasteiger partial charge < -0.3 is 20.3 Å². The number of anilines is 1. The van der Waals surface area contributed by atoms with Crippen molar-refractivity contribution in [3.05, 3.63) is 65.2 Å². The number of hydrogen-bond donors (Lipinski definition) is 2. The fourth-order valence-electron chi connectivity index (χ4n) is 4.70. The van der Waals surface area contributed by atoms with Gasteiger partial charge in [0, 0.05) is 11.7 Å². The number of alkyl carbamates (subject to hydrolysis) is 1. The van der Waals surface area contributed by atoms with E-state index in [9.17, 15) is 14.4 Å². The molecule has 3 atom stereocenters. The van der Waals surface area contributed by atoms with Crippen molar-refractivity contribution in [3.63, 3.8) is 0 Å². The fourth-order valence-corrected chi connectivity index (χ4v) is 4.70. The van der Waals surface area contributed by atoms with Crippen LogP contribution in [0.3, 0.4) is 0 Å². The molecule has 0 heterocycles. The summed E-state index contributed by atoms with van der Waals surface area (Å²) in [5.41, 5.74) is 2.62. The van der Waals surface area contributed by atoms with Gasteiger partial charge in [-0.3, -0.25) is 9.59 Å². The van der Waals surface area contributed by atoms with Crippen LogP contribution < -0.4 is 10.6 Å². The van der Waals surface area contributed by atoms with Crippen molar-refractivity contribution >= 4 is 23.6 Å². The van der Waals surface area contributed by atoms with Gasteiger partial charge in [0.1, 0.15) is 17.7 Å². The molecule has 0 radical (unpaired) electrons. The molecule has 2 N–H and O–H groups in total. The van der Waals surface area contributed by atoms with E-state index in [4.69, 9.17) is 4.74 Å². The number of para-hydroxylation sites is 1. The highest BCUT2D eigenvalue weighted by Crippen LogP contribution is 2.30. The lowest BCUT2D eigenvalue weighted by atomic mass is 9.94. The molecule has 3 unspecified atom stereocenters. The Kier molecular flexibility index (Phi) is 11.8. The van der Waals surface area contributed by atoms with Crippen LogP contribution in [0.5, 0.6) is 0 Å². The Labute approximate surface area is 241 Å². The topological polar surface area (TPSA) is 87.7 Å². The molecule has 0 aliphatic carbocycles. The first-order valence-corrected chi connectivity index (χ1v) is 14.4. The third kappa shape index (κ3) is 9.39. The van der Waals surface area contributed by atoms with Gasteiger partial charge in [0.25, 0.3) is 5.91 Å². The van der Waals surface area contributed by atoms with Gasteiger partial charge in [0.15, 0.2) is 0 Å². The van der Waals surface area contributed by atoms with Crippen LogP contribution in [-0.4, -0.2) is 40.5 Å². The molecule has 2 aromatic carbocycles. The van der Waals surface area contributed by atoms with Gasteiger partial charge in [-0.1, -0.05) is 76.2 Å². The fraction of sp³-hybridized carbons (Fsp3) is 0.545. The number of ether oxygens (including phenoxy) is 1. The van der Waals surface area contributed by atoms with Crippen LogP contribution in [0.1, 0.15) is 91.0 Å². The second-order valence-electron chi connectivity index (χ2n) is 12.5. The molecule has 0 saturated heterocycles. The average Bonchev–Trinajstić information content (AvgIpc) is 2.85. The molecule has 0 aromatic heterocycles. The van der Waals surface area contributed by atoms with Crippen molar-refractivity contribution < 1.29 is 19.1 Å². The third-order valence-electron chi connectivity index (χ3n) is 6.87. The molecule has 0 fully saturated rings. The van der Waals surface area contributed by atoms with Crippen molar-refractivity contribution in [1.29, 1.82) is 0 Å². The minimum Gasteiger partial charge on any atom is -0.444 e. The van der Waals surface area contributed by atoms with Crippen molar-refractivity contribution in [2.45, 2.75) is 106 Å². The molecule has 0 spiro atoms. The molecular formula is C33H49N3O4. The number of benzene rings is 2. The second kappa shape index (κ2) is 14.3. The molecule has 220 valence electrons. The molecule has 0 aliphatic rings. The SMILES string of the molecule is Cc1cccc(C)c1NC(=O)C(c1ccccc1)N(C(=O)C(NC(=O)OC(C)(C)C)C(C)C)C(C)CCC(C)C. The largest absolute Gasteiger partial charge is 0.444 e. The standard InChI is InChI=1S/C33H49N3O4/c1-21(2)19-20-25(7)36(31(38)27(22(3)4)35-32(39)40-33(8,9)10)29(26-17-12-11-13-18-26)30(37)34-28-23(5)15-14-16-24(28)6/h11-18,21-22,25,27,29H,19-20H2,1-10H3,(H,34,37)(H,35,39). The Morgan fingerprint density at radius 1 is 0.850 bits per heavy atom. The van der Waals surface area contributed by atoms with E-state index in [1.54, 1.807) is 25.7 Å². The number of amides is 3. The maximum atomic E-state index is 14.5. The zero-order valence-corrected chi connectivity index (χ0v) is 26.0. The van der Waals surface area contributed by atoms with Crippen LogP contribution in [0.15, 0.2) is 48.5 Å². The predicted octanol–water partition coefficient (Wildman–Crippen LogP) is 7.19. The summed E-state index contributed by atoms with van der Waals surface area (Å²) in [6, 6.07) is 13.2. The highest BCUT2D eigenvalue weighted by Gasteiger charge is 2.40. The maximum Gasteiger partial charge on any atom is 0.408 e. The van der Waals surface area contributed by atoms with Gasteiger partial charge in [-0.2, -0.15) is 0 Å². The minimum atomic E-state index is -0.906. The van der Waals surface area contributed by atoms with Crippen LogP contribution in [0.25, 0.3) is 0 Å².